The summed E-state index contributed by atoms with van der Waals surface area (Å²) in [5.74, 6) is 0.875. The molecule has 4 nitrogen and oxygen atoms in total. The zero-order chi connectivity index (χ0) is 20.1. The quantitative estimate of drug-likeness (QED) is 0.666. The van der Waals surface area contributed by atoms with E-state index in [9.17, 15) is 18.0 Å². The minimum Gasteiger partial charge on any atom is -0.355 e. The fourth-order valence-electron chi connectivity index (χ4n) is 2.90. The highest BCUT2D eigenvalue weighted by atomic mass is 35.5. The van der Waals surface area contributed by atoms with Crippen LogP contribution in [0.5, 0.6) is 0 Å². The van der Waals surface area contributed by atoms with Crippen LogP contribution < -0.4 is 4.90 Å². The van der Waals surface area contributed by atoms with E-state index in [0.29, 0.717) is 42.8 Å². The number of halogens is 4. The number of anilines is 1. The van der Waals surface area contributed by atoms with Crippen molar-refractivity contribution >= 4 is 35.1 Å². The largest absolute Gasteiger partial charge is 0.417 e. The molecule has 9 heteroatoms. The number of aromatic nitrogens is 1. The first-order valence-corrected chi connectivity index (χ1v) is 10.1. The standard InChI is InChI=1S/C19H19ClF3N3OS/c20-15-3-5-16(6-4-15)28-13-18(27)26-9-1-8-25(10-11-26)17-7-2-14(12-24-17)19(21,22)23/h2-7,12H,1,8-11,13H2. The molecular weight excluding hydrogens is 411 g/mol. The number of benzene rings is 1. The van der Waals surface area contributed by atoms with Crippen molar-refractivity contribution in [3.8, 4) is 0 Å². The number of pyridine rings is 1. The summed E-state index contributed by atoms with van der Waals surface area (Å²) in [5.41, 5.74) is -0.762. The molecule has 0 saturated carbocycles. The Morgan fingerprint density at radius 2 is 1.82 bits per heavy atom. The van der Waals surface area contributed by atoms with E-state index in [4.69, 9.17) is 11.6 Å². The van der Waals surface area contributed by atoms with Gasteiger partial charge in [0.2, 0.25) is 5.91 Å². The zero-order valence-electron chi connectivity index (χ0n) is 15.0. The van der Waals surface area contributed by atoms with Gasteiger partial charge < -0.3 is 9.80 Å². The maximum Gasteiger partial charge on any atom is 0.417 e. The SMILES string of the molecule is O=C(CSc1ccc(Cl)cc1)N1CCCN(c2ccc(C(F)(F)F)cn2)CC1. The van der Waals surface area contributed by atoms with E-state index >= 15 is 0 Å². The summed E-state index contributed by atoms with van der Waals surface area (Å²) in [6, 6.07) is 9.75. The summed E-state index contributed by atoms with van der Waals surface area (Å²) in [6.07, 6.45) is -2.80. The first-order chi connectivity index (χ1) is 13.3. The number of alkyl halides is 3. The third kappa shape index (κ3) is 5.54. The molecule has 1 saturated heterocycles. The van der Waals surface area contributed by atoms with Gasteiger partial charge in [0.25, 0.3) is 0 Å². The summed E-state index contributed by atoms with van der Waals surface area (Å²) in [7, 11) is 0. The predicted molar refractivity (Wildman–Crippen MR) is 105 cm³/mol. The van der Waals surface area contributed by atoms with Crippen LogP contribution in [-0.2, 0) is 11.0 Å². The molecule has 2 heterocycles. The van der Waals surface area contributed by atoms with Crippen LogP contribution in [0.3, 0.4) is 0 Å². The molecule has 1 fully saturated rings. The Morgan fingerprint density at radius 1 is 1.07 bits per heavy atom. The lowest BCUT2D eigenvalue weighted by atomic mass is 10.2. The predicted octanol–water partition coefficient (Wildman–Crippen LogP) is 4.58. The molecule has 0 unspecified atom stereocenters. The van der Waals surface area contributed by atoms with Gasteiger partial charge in [-0.05, 0) is 42.8 Å². The maximum absolute atomic E-state index is 12.7. The van der Waals surface area contributed by atoms with Crippen molar-refractivity contribution in [3.05, 3.63) is 53.2 Å². The van der Waals surface area contributed by atoms with Gasteiger partial charge in [0.1, 0.15) is 5.82 Å². The van der Waals surface area contributed by atoms with E-state index in [2.05, 4.69) is 4.98 Å². The van der Waals surface area contributed by atoms with Gasteiger partial charge in [-0.1, -0.05) is 11.6 Å². The normalized spacial score (nSPS) is 15.4. The van der Waals surface area contributed by atoms with Crippen molar-refractivity contribution in [3.63, 3.8) is 0 Å². The molecule has 1 aromatic heterocycles. The van der Waals surface area contributed by atoms with Crippen LogP contribution in [0.4, 0.5) is 19.0 Å². The Kier molecular flexibility index (Phi) is 6.72. The van der Waals surface area contributed by atoms with E-state index in [1.165, 1.54) is 17.8 Å². The number of thioether (sulfide) groups is 1. The molecule has 0 aliphatic carbocycles. The summed E-state index contributed by atoms with van der Waals surface area (Å²) in [5, 5.41) is 0.653. The minimum absolute atomic E-state index is 0.0437. The van der Waals surface area contributed by atoms with Crippen LogP contribution in [-0.4, -0.2) is 47.7 Å². The summed E-state index contributed by atoms with van der Waals surface area (Å²) in [6.45, 7) is 2.32. The van der Waals surface area contributed by atoms with Crippen molar-refractivity contribution in [1.82, 2.24) is 9.88 Å². The number of carbonyl (C=O) groups is 1. The van der Waals surface area contributed by atoms with E-state index in [1.807, 2.05) is 17.0 Å². The zero-order valence-corrected chi connectivity index (χ0v) is 16.5. The molecular formula is C19H19ClF3N3OS. The number of carbonyl (C=O) groups excluding carboxylic acids is 1. The molecule has 0 radical (unpaired) electrons. The Morgan fingerprint density at radius 3 is 2.46 bits per heavy atom. The van der Waals surface area contributed by atoms with E-state index in [1.54, 1.807) is 17.0 Å². The second-order valence-electron chi connectivity index (χ2n) is 6.37. The highest BCUT2D eigenvalue weighted by molar-refractivity contribution is 8.00. The fourth-order valence-corrected chi connectivity index (χ4v) is 3.83. The molecule has 2 aromatic rings. The summed E-state index contributed by atoms with van der Waals surface area (Å²) in [4.78, 5) is 21.2. The molecule has 1 amide bonds. The maximum atomic E-state index is 12.7. The van der Waals surface area contributed by atoms with Crippen LogP contribution in [0.15, 0.2) is 47.5 Å². The van der Waals surface area contributed by atoms with Gasteiger partial charge in [-0.3, -0.25) is 4.79 Å². The van der Waals surface area contributed by atoms with Crippen LogP contribution in [0.25, 0.3) is 0 Å². The lowest BCUT2D eigenvalue weighted by molar-refractivity contribution is -0.137. The first-order valence-electron chi connectivity index (χ1n) is 8.77. The minimum atomic E-state index is -4.39. The van der Waals surface area contributed by atoms with Crippen LogP contribution in [0.1, 0.15) is 12.0 Å². The van der Waals surface area contributed by atoms with Crippen molar-refractivity contribution in [2.45, 2.75) is 17.5 Å². The highest BCUT2D eigenvalue weighted by Crippen LogP contribution is 2.29. The topological polar surface area (TPSA) is 36.4 Å². The Balaban J connectivity index is 1.54. The lowest BCUT2D eigenvalue weighted by Crippen LogP contribution is -2.36. The second kappa shape index (κ2) is 9.05. The monoisotopic (exact) mass is 429 g/mol. The number of amides is 1. The van der Waals surface area contributed by atoms with Crippen LogP contribution in [0.2, 0.25) is 5.02 Å². The smallest absolute Gasteiger partial charge is 0.355 e. The number of nitrogens with zero attached hydrogens (tertiary/aromatic N) is 3. The van der Waals surface area contributed by atoms with Crippen molar-refractivity contribution in [2.75, 3.05) is 36.8 Å². The molecule has 0 N–H and O–H groups in total. The van der Waals surface area contributed by atoms with Crippen molar-refractivity contribution in [2.24, 2.45) is 0 Å². The van der Waals surface area contributed by atoms with Gasteiger partial charge >= 0.3 is 6.18 Å². The third-order valence-corrected chi connectivity index (χ3v) is 5.67. The van der Waals surface area contributed by atoms with E-state index < -0.39 is 11.7 Å². The van der Waals surface area contributed by atoms with Gasteiger partial charge in [-0.25, -0.2) is 4.98 Å². The van der Waals surface area contributed by atoms with Gasteiger partial charge in [0.05, 0.1) is 11.3 Å². The average molecular weight is 430 g/mol. The van der Waals surface area contributed by atoms with Crippen molar-refractivity contribution in [1.29, 1.82) is 0 Å². The Labute approximate surface area is 170 Å². The molecule has 0 spiro atoms. The van der Waals surface area contributed by atoms with Gasteiger partial charge in [-0.2, -0.15) is 13.2 Å². The van der Waals surface area contributed by atoms with E-state index in [0.717, 1.165) is 23.6 Å². The second-order valence-corrected chi connectivity index (χ2v) is 7.85. The molecule has 1 aliphatic heterocycles. The molecule has 150 valence electrons. The average Bonchev–Trinajstić information content (AvgIpc) is 2.93. The number of rotatable bonds is 4. The van der Waals surface area contributed by atoms with Gasteiger partial charge in [0.15, 0.2) is 0 Å². The third-order valence-electron chi connectivity index (χ3n) is 4.42. The van der Waals surface area contributed by atoms with Crippen LogP contribution >= 0.6 is 23.4 Å². The molecule has 0 bridgehead atoms. The summed E-state index contributed by atoms with van der Waals surface area (Å²) < 4.78 is 38.0. The molecule has 28 heavy (non-hydrogen) atoms. The fraction of sp³-hybridized carbons (Fsp3) is 0.368. The Hall–Kier alpha value is -1.93. The first kappa shape index (κ1) is 20.8. The number of hydrogen-bond donors (Lipinski definition) is 0. The molecule has 1 aromatic carbocycles. The molecule has 3 rings (SSSR count). The van der Waals surface area contributed by atoms with Crippen LogP contribution in [0, 0.1) is 0 Å². The van der Waals surface area contributed by atoms with E-state index in [-0.39, 0.29) is 5.91 Å². The highest BCUT2D eigenvalue weighted by Gasteiger charge is 2.31. The number of hydrogen-bond acceptors (Lipinski definition) is 4. The molecule has 1 aliphatic rings. The van der Waals surface area contributed by atoms with Gasteiger partial charge in [-0.15, -0.1) is 11.8 Å². The lowest BCUT2D eigenvalue weighted by Gasteiger charge is -2.23. The molecule has 0 atom stereocenters. The Bertz CT molecular complexity index is 800. The summed E-state index contributed by atoms with van der Waals surface area (Å²) >= 11 is 7.32. The van der Waals surface area contributed by atoms with Crippen molar-refractivity contribution < 1.29 is 18.0 Å². The van der Waals surface area contributed by atoms with Gasteiger partial charge in [0, 0.05) is 42.3 Å².